The minimum Gasteiger partial charge on any atom is -0.374 e. The molecule has 0 radical (unpaired) electrons. The minimum atomic E-state index is 0.0850. The molecule has 0 aliphatic carbocycles. The Morgan fingerprint density at radius 2 is 2.14 bits per heavy atom. The van der Waals surface area contributed by atoms with E-state index < -0.39 is 0 Å². The lowest BCUT2D eigenvalue weighted by molar-refractivity contribution is -0.00907. The van der Waals surface area contributed by atoms with E-state index in [1.165, 1.54) is 31.4 Å². The van der Waals surface area contributed by atoms with Crippen molar-refractivity contribution >= 4 is 0 Å². The number of nitrogens with zero attached hydrogens (tertiary/aromatic N) is 1. The number of ether oxygens (including phenoxy) is 1. The van der Waals surface area contributed by atoms with Gasteiger partial charge in [-0.3, -0.25) is 4.90 Å². The molecule has 2 atom stereocenters. The Morgan fingerprint density at radius 1 is 1.29 bits per heavy atom. The lowest BCUT2D eigenvalue weighted by Gasteiger charge is -2.32. The van der Waals surface area contributed by atoms with Gasteiger partial charge in [-0.2, -0.15) is 0 Å². The van der Waals surface area contributed by atoms with Crippen LogP contribution in [0.4, 0.5) is 0 Å². The molecule has 2 aliphatic rings. The number of benzene rings is 1. The van der Waals surface area contributed by atoms with Gasteiger partial charge in [0.1, 0.15) is 0 Å². The molecule has 1 N–H and O–H groups in total. The van der Waals surface area contributed by atoms with E-state index in [4.69, 9.17) is 4.74 Å². The van der Waals surface area contributed by atoms with E-state index in [1.54, 1.807) is 0 Å². The molecule has 2 aliphatic heterocycles. The van der Waals surface area contributed by atoms with Gasteiger partial charge in [0.15, 0.2) is 0 Å². The van der Waals surface area contributed by atoms with Crippen LogP contribution in [-0.2, 0) is 11.2 Å². The molecule has 2 heterocycles. The molecule has 0 saturated carbocycles. The average molecular weight is 288 g/mol. The Labute approximate surface area is 128 Å². The maximum atomic E-state index is 5.98. The van der Waals surface area contributed by atoms with Crippen molar-refractivity contribution < 1.29 is 4.74 Å². The SMILES string of the molecule is CC1(CN2CCCNC(Cc3ccccc3)C2)CCCO1. The standard InChI is InChI=1S/C18H28N2O/c1-18(9-5-12-21-18)15-20-11-6-10-19-17(14-20)13-16-7-3-2-4-8-16/h2-4,7-8,17,19H,5-6,9-15H2,1H3. The molecule has 2 fully saturated rings. The summed E-state index contributed by atoms with van der Waals surface area (Å²) in [5, 5.41) is 3.71. The quantitative estimate of drug-likeness (QED) is 0.921. The van der Waals surface area contributed by atoms with Crippen molar-refractivity contribution in [2.24, 2.45) is 0 Å². The van der Waals surface area contributed by atoms with Crippen LogP contribution in [0.25, 0.3) is 0 Å². The smallest absolute Gasteiger partial charge is 0.0781 e. The molecule has 0 amide bonds. The number of rotatable bonds is 4. The highest BCUT2D eigenvalue weighted by molar-refractivity contribution is 5.16. The molecule has 2 saturated heterocycles. The maximum Gasteiger partial charge on any atom is 0.0781 e. The molecule has 1 aromatic rings. The highest BCUT2D eigenvalue weighted by atomic mass is 16.5. The van der Waals surface area contributed by atoms with Crippen LogP contribution in [0.5, 0.6) is 0 Å². The lowest BCUT2D eigenvalue weighted by Crippen LogP contribution is -2.45. The van der Waals surface area contributed by atoms with Gasteiger partial charge in [0.05, 0.1) is 5.60 Å². The van der Waals surface area contributed by atoms with Crippen LogP contribution < -0.4 is 5.32 Å². The van der Waals surface area contributed by atoms with Crippen LogP contribution in [0.15, 0.2) is 30.3 Å². The summed E-state index contributed by atoms with van der Waals surface area (Å²) in [5.74, 6) is 0. The first-order valence-corrected chi connectivity index (χ1v) is 8.37. The number of hydrogen-bond acceptors (Lipinski definition) is 3. The van der Waals surface area contributed by atoms with Gasteiger partial charge in [0.2, 0.25) is 0 Å². The van der Waals surface area contributed by atoms with Crippen molar-refractivity contribution in [1.82, 2.24) is 10.2 Å². The third-order valence-corrected chi connectivity index (χ3v) is 4.75. The van der Waals surface area contributed by atoms with Crippen molar-refractivity contribution in [2.75, 3.05) is 32.8 Å². The van der Waals surface area contributed by atoms with Crippen LogP contribution >= 0.6 is 0 Å². The lowest BCUT2D eigenvalue weighted by atomic mass is 10.0. The molecule has 3 heteroatoms. The summed E-state index contributed by atoms with van der Waals surface area (Å²) >= 11 is 0. The number of hydrogen-bond donors (Lipinski definition) is 1. The zero-order chi connectivity index (χ0) is 14.5. The Kier molecular flexibility index (Phi) is 4.94. The summed E-state index contributed by atoms with van der Waals surface area (Å²) in [6, 6.07) is 11.4. The molecule has 116 valence electrons. The van der Waals surface area contributed by atoms with Gasteiger partial charge in [0.25, 0.3) is 0 Å². The van der Waals surface area contributed by atoms with E-state index in [0.717, 1.165) is 32.7 Å². The number of nitrogens with one attached hydrogen (secondary N) is 1. The Morgan fingerprint density at radius 3 is 2.90 bits per heavy atom. The van der Waals surface area contributed by atoms with Crippen LogP contribution in [0.1, 0.15) is 31.7 Å². The van der Waals surface area contributed by atoms with E-state index in [2.05, 4.69) is 47.5 Å². The summed E-state index contributed by atoms with van der Waals surface area (Å²) in [6.45, 7) is 7.76. The second-order valence-corrected chi connectivity index (χ2v) is 6.83. The second kappa shape index (κ2) is 6.91. The third-order valence-electron chi connectivity index (χ3n) is 4.75. The Bertz CT molecular complexity index is 428. The van der Waals surface area contributed by atoms with Crippen LogP contribution in [0.2, 0.25) is 0 Å². The van der Waals surface area contributed by atoms with E-state index in [0.29, 0.717) is 6.04 Å². The Hall–Kier alpha value is -0.900. The fraction of sp³-hybridized carbons (Fsp3) is 0.667. The maximum absolute atomic E-state index is 5.98. The van der Waals surface area contributed by atoms with Gasteiger partial charge >= 0.3 is 0 Å². The summed E-state index contributed by atoms with van der Waals surface area (Å²) in [6.07, 6.45) is 4.78. The zero-order valence-electron chi connectivity index (χ0n) is 13.2. The predicted molar refractivity (Wildman–Crippen MR) is 86.6 cm³/mol. The van der Waals surface area contributed by atoms with Gasteiger partial charge in [-0.05, 0) is 51.3 Å². The molecule has 0 spiro atoms. The van der Waals surface area contributed by atoms with E-state index in [-0.39, 0.29) is 5.60 Å². The van der Waals surface area contributed by atoms with Gasteiger partial charge in [-0.15, -0.1) is 0 Å². The highest BCUT2D eigenvalue weighted by Crippen LogP contribution is 2.26. The van der Waals surface area contributed by atoms with Gasteiger partial charge < -0.3 is 10.1 Å². The molecule has 3 nitrogen and oxygen atoms in total. The summed E-state index contributed by atoms with van der Waals surface area (Å²) in [4.78, 5) is 2.61. The van der Waals surface area contributed by atoms with Crippen molar-refractivity contribution in [1.29, 1.82) is 0 Å². The first kappa shape index (κ1) is 15.0. The first-order chi connectivity index (χ1) is 10.2. The topological polar surface area (TPSA) is 24.5 Å². The fourth-order valence-electron chi connectivity index (χ4n) is 3.69. The highest BCUT2D eigenvalue weighted by Gasteiger charge is 2.32. The normalized spacial score (nSPS) is 31.2. The monoisotopic (exact) mass is 288 g/mol. The summed E-state index contributed by atoms with van der Waals surface area (Å²) in [7, 11) is 0. The minimum absolute atomic E-state index is 0.0850. The van der Waals surface area contributed by atoms with Crippen molar-refractivity contribution in [2.45, 2.75) is 44.2 Å². The summed E-state index contributed by atoms with van der Waals surface area (Å²) in [5.41, 5.74) is 1.52. The van der Waals surface area contributed by atoms with Crippen LogP contribution in [-0.4, -0.2) is 49.3 Å². The first-order valence-electron chi connectivity index (χ1n) is 8.37. The third kappa shape index (κ3) is 4.29. The molecule has 3 rings (SSSR count). The van der Waals surface area contributed by atoms with Crippen molar-refractivity contribution in [3.8, 4) is 0 Å². The molecule has 21 heavy (non-hydrogen) atoms. The zero-order valence-corrected chi connectivity index (χ0v) is 13.2. The van der Waals surface area contributed by atoms with E-state index >= 15 is 0 Å². The second-order valence-electron chi connectivity index (χ2n) is 6.83. The molecule has 1 aromatic carbocycles. The summed E-state index contributed by atoms with van der Waals surface area (Å²) < 4.78 is 5.98. The van der Waals surface area contributed by atoms with Crippen molar-refractivity contribution in [3.63, 3.8) is 0 Å². The fourth-order valence-corrected chi connectivity index (χ4v) is 3.69. The molecular formula is C18H28N2O. The van der Waals surface area contributed by atoms with Gasteiger partial charge in [-0.1, -0.05) is 30.3 Å². The van der Waals surface area contributed by atoms with Crippen LogP contribution in [0, 0.1) is 0 Å². The molecule has 2 unspecified atom stereocenters. The molecular weight excluding hydrogens is 260 g/mol. The molecule has 0 bridgehead atoms. The van der Waals surface area contributed by atoms with Crippen LogP contribution in [0.3, 0.4) is 0 Å². The van der Waals surface area contributed by atoms with E-state index in [1.807, 2.05) is 0 Å². The molecule has 0 aromatic heterocycles. The Balaban J connectivity index is 1.58. The van der Waals surface area contributed by atoms with E-state index in [9.17, 15) is 0 Å². The van der Waals surface area contributed by atoms with Crippen molar-refractivity contribution in [3.05, 3.63) is 35.9 Å². The predicted octanol–water partition coefficient (Wildman–Crippen LogP) is 2.46. The average Bonchev–Trinajstić information content (AvgIpc) is 2.78. The van der Waals surface area contributed by atoms with Gasteiger partial charge in [-0.25, -0.2) is 0 Å². The van der Waals surface area contributed by atoms with Gasteiger partial charge in [0, 0.05) is 25.7 Å². The largest absolute Gasteiger partial charge is 0.374 e.